The van der Waals surface area contributed by atoms with E-state index in [1.54, 1.807) is 30.4 Å². The van der Waals surface area contributed by atoms with Crippen molar-refractivity contribution in [2.24, 2.45) is 0 Å². The second kappa shape index (κ2) is 6.64. The molecule has 0 saturated heterocycles. The number of rotatable bonds is 2. The number of hydrogen-bond acceptors (Lipinski definition) is 5. The van der Waals surface area contributed by atoms with Crippen LogP contribution in [0.1, 0.15) is 41.7 Å². The smallest absolute Gasteiger partial charge is 0.273 e. The van der Waals surface area contributed by atoms with Crippen LogP contribution in [0.2, 0.25) is 0 Å². The maximum absolute atomic E-state index is 12.8. The number of nitro benzene ring substituents is 1. The molecule has 0 fully saturated rings. The largest absolute Gasteiger partial charge is 0.306 e. The van der Waals surface area contributed by atoms with Crippen LogP contribution in [0.5, 0.6) is 0 Å². The lowest BCUT2D eigenvalue weighted by Crippen LogP contribution is -2.10. The molecular formula is C19H19N3O3S. The Morgan fingerprint density at radius 1 is 1.19 bits per heavy atom. The molecular weight excluding hydrogens is 350 g/mol. The fraction of sp³-hybridized carbons (Fsp3) is 0.368. The second-order valence-corrected chi connectivity index (χ2v) is 7.85. The van der Waals surface area contributed by atoms with Crippen LogP contribution in [0.4, 0.5) is 5.69 Å². The second-order valence-electron chi connectivity index (χ2n) is 6.77. The van der Waals surface area contributed by atoms with Crippen molar-refractivity contribution in [2.75, 3.05) is 0 Å². The first kappa shape index (κ1) is 16.9. The van der Waals surface area contributed by atoms with Gasteiger partial charge in [0.1, 0.15) is 10.7 Å². The van der Waals surface area contributed by atoms with Gasteiger partial charge in [0.25, 0.3) is 11.2 Å². The monoisotopic (exact) mass is 369 g/mol. The van der Waals surface area contributed by atoms with Crippen molar-refractivity contribution < 1.29 is 4.92 Å². The molecule has 134 valence electrons. The number of nitrogens with zero attached hydrogens (tertiary/aromatic N) is 2. The molecule has 0 radical (unpaired) electrons. The third-order valence-corrected chi connectivity index (χ3v) is 6.19. The Morgan fingerprint density at radius 3 is 2.73 bits per heavy atom. The maximum atomic E-state index is 12.8. The predicted octanol–water partition coefficient (Wildman–Crippen LogP) is 4.53. The van der Waals surface area contributed by atoms with Gasteiger partial charge in [-0.15, -0.1) is 11.3 Å². The predicted molar refractivity (Wildman–Crippen MR) is 103 cm³/mol. The zero-order valence-electron chi connectivity index (χ0n) is 14.5. The highest BCUT2D eigenvalue weighted by Crippen LogP contribution is 2.33. The molecule has 0 spiro atoms. The number of benzene rings is 1. The third kappa shape index (κ3) is 2.92. The van der Waals surface area contributed by atoms with Gasteiger partial charge in [-0.25, -0.2) is 4.98 Å². The molecule has 6 nitrogen and oxygen atoms in total. The molecule has 0 saturated carbocycles. The summed E-state index contributed by atoms with van der Waals surface area (Å²) in [6.45, 7) is 1.70. The Bertz CT molecular complexity index is 1070. The lowest BCUT2D eigenvalue weighted by atomic mass is 9.98. The van der Waals surface area contributed by atoms with E-state index in [0.717, 1.165) is 36.1 Å². The van der Waals surface area contributed by atoms with E-state index in [1.165, 1.54) is 23.8 Å². The molecule has 0 aliphatic heterocycles. The van der Waals surface area contributed by atoms with Crippen molar-refractivity contribution in [1.29, 1.82) is 0 Å². The van der Waals surface area contributed by atoms with Crippen LogP contribution in [0.15, 0.2) is 23.0 Å². The fourth-order valence-electron chi connectivity index (χ4n) is 3.61. The van der Waals surface area contributed by atoms with Crippen molar-refractivity contribution in [2.45, 2.75) is 45.4 Å². The van der Waals surface area contributed by atoms with Crippen molar-refractivity contribution in [3.63, 3.8) is 0 Å². The van der Waals surface area contributed by atoms with Gasteiger partial charge in [0.15, 0.2) is 0 Å². The number of aromatic nitrogens is 2. The van der Waals surface area contributed by atoms with Crippen LogP contribution in [0.3, 0.4) is 0 Å². The standard InChI is InChI=1S/C19H19N3O3S/c1-11-8-9-12(10-14(11)22(24)25)17-20-18(23)16-13-6-4-2-3-5-7-15(13)26-19(16)21-17/h8-10H,2-7H2,1H3,(H,20,21,23). The summed E-state index contributed by atoms with van der Waals surface area (Å²) < 4.78 is 0. The number of thiophene rings is 1. The van der Waals surface area contributed by atoms with Crippen LogP contribution < -0.4 is 5.56 Å². The average Bonchev–Trinajstić information content (AvgIpc) is 2.92. The quantitative estimate of drug-likeness (QED) is 0.531. The summed E-state index contributed by atoms with van der Waals surface area (Å²) in [4.78, 5) is 33.0. The Kier molecular flexibility index (Phi) is 4.32. The SMILES string of the molecule is Cc1ccc(-c2nc3sc4c(c3c(=O)[nH]2)CCCCCC4)cc1[N+](=O)[O-]. The van der Waals surface area contributed by atoms with Gasteiger partial charge < -0.3 is 4.98 Å². The van der Waals surface area contributed by atoms with E-state index < -0.39 is 4.92 Å². The summed E-state index contributed by atoms with van der Waals surface area (Å²) in [6, 6.07) is 4.92. The summed E-state index contributed by atoms with van der Waals surface area (Å²) in [5.74, 6) is 0.389. The summed E-state index contributed by atoms with van der Waals surface area (Å²) in [5.41, 5.74) is 2.18. The number of hydrogen-bond donors (Lipinski definition) is 1. The van der Waals surface area contributed by atoms with Gasteiger partial charge in [-0.3, -0.25) is 14.9 Å². The van der Waals surface area contributed by atoms with Gasteiger partial charge in [0.2, 0.25) is 0 Å². The topological polar surface area (TPSA) is 88.9 Å². The van der Waals surface area contributed by atoms with E-state index in [-0.39, 0.29) is 11.2 Å². The number of nitro groups is 1. The first-order valence-electron chi connectivity index (χ1n) is 8.84. The van der Waals surface area contributed by atoms with E-state index in [1.807, 2.05) is 0 Å². The molecule has 1 aliphatic rings. The highest BCUT2D eigenvalue weighted by atomic mass is 32.1. The first-order chi connectivity index (χ1) is 12.5. The summed E-state index contributed by atoms with van der Waals surface area (Å²) in [7, 11) is 0. The van der Waals surface area contributed by atoms with E-state index >= 15 is 0 Å². The molecule has 2 aromatic heterocycles. The van der Waals surface area contributed by atoms with Crippen LogP contribution in [0, 0.1) is 17.0 Å². The van der Waals surface area contributed by atoms with Crippen LogP contribution in [-0.4, -0.2) is 14.9 Å². The molecule has 4 rings (SSSR count). The minimum Gasteiger partial charge on any atom is -0.306 e. The molecule has 0 amide bonds. The lowest BCUT2D eigenvalue weighted by molar-refractivity contribution is -0.385. The number of fused-ring (bicyclic) bond motifs is 3. The molecule has 0 bridgehead atoms. The van der Waals surface area contributed by atoms with Crippen molar-refractivity contribution >= 4 is 27.2 Å². The fourth-order valence-corrected chi connectivity index (χ4v) is 4.87. The van der Waals surface area contributed by atoms with Crippen molar-refractivity contribution in [1.82, 2.24) is 9.97 Å². The molecule has 1 aliphatic carbocycles. The van der Waals surface area contributed by atoms with E-state index in [2.05, 4.69) is 9.97 Å². The molecule has 1 N–H and O–H groups in total. The minimum absolute atomic E-state index is 0.0312. The first-order valence-corrected chi connectivity index (χ1v) is 9.66. The van der Waals surface area contributed by atoms with Crippen molar-refractivity contribution in [3.8, 4) is 11.4 Å². The summed E-state index contributed by atoms with van der Waals surface area (Å²) in [5, 5.41) is 11.9. The number of nitrogens with one attached hydrogen (secondary N) is 1. The average molecular weight is 369 g/mol. The van der Waals surface area contributed by atoms with Crippen LogP contribution in [0.25, 0.3) is 21.6 Å². The normalized spacial score (nSPS) is 14.7. The molecule has 2 heterocycles. The number of H-pyrrole nitrogens is 1. The van der Waals surface area contributed by atoms with Gasteiger partial charge in [0, 0.05) is 22.1 Å². The lowest BCUT2D eigenvalue weighted by Gasteiger charge is -2.08. The molecule has 1 aromatic carbocycles. The van der Waals surface area contributed by atoms with Gasteiger partial charge in [-0.05, 0) is 38.2 Å². The van der Waals surface area contributed by atoms with Gasteiger partial charge >= 0.3 is 0 Å². The Labute approximate surface area is 154 Å². The molecule has 0 atom stereocenters. The van der Waals surface area contributed by atoms with Gasteiger partial charge in [-0.2, -0.15) is 0 Å². The molecule has 7 heteroatoms. The summed E-state index contributed by atoms with van der Waals surface area (Å²) in [6.07, 6.45) is 6.61. The molecule has 0 unspecified atom stereocenters. The maximum Gasteiger partial charge on any atom is 0.273 e. The number of aromatic amines is 1. The van der Waals surface area contributed by atoms with Gasteiger partial charge in [-0.1, -0.05) is 25.0 Å². The summed E-state index contributed by atoms with van der Waals surface area (Å²) >= 11 is 1.59. The van der Waals surface area contributed by atoms with E-state index in [0.29, 0.717) is 22.3 Å². The molecule has 26 heavy (non-hydrogen) atoms. The Morgan fingerprint density at radius 2 is 1.96 bits per heavy atom. The van der Waals surface area contributed by atoms with Gasteiger partial charge in [0.05, 0.1) is 10.3 Å². The highest BCUT2D eigenvalue weighted by Gasteiger charge is 2.19. The molecule has 3 aromatic rings. The third-order valence-electron chi connectivity index (χ3n) is 5.00. The van der Waals surface area contributed by atoms with Crippen LogP contribution >= 0.6 is 11.3 Å². The Hall–Kier alpha value is -2.54. The van der Waals surface area contributed by atoms with Crippen molar-refractivity contribution in [3.05, 3.63) is 54.7 Å². The highest BCUT2D eigenvalue weighted by molar-refractivity contribution is 7.18. The minimum atomic E-state index is -0.410. The van der Waals surface area contributed by atoms with E-state index in [4.69, 9.17) is 0 Å². The zero-order valence-corrected chi connectivity index (χ0v) is 15.3. The van der Waals surface area contributed by atoms with E-state index in [9.17, 15) is 14.9 Å². The van der Waals surface area contributed by atoms with Crippen LogP contribution in [-0.2, 0) is 12.8 Å². The zero-order chi connectivity index (χ0) is 18.3. The number of aryl methyl sites for hydroxylation is 3. The Balaban J connectivity index is 1.87.